The lowest BCUT2D eigenvalue weighted by atomic mass is 10.1. The molecule has 0 aliphatic carbocycles. The van der Waals surface area contributed by atoms with Crippen molar-refractivity contribution in [3.8, 4) is 0 Å². The number of hydrogen-bond donors (Lipinski definition) is 3. The molecule has 2 saturated heterocycles. The van der Waals surface area contributed by atoms with Crippen molar-refractivity contribution in [2.24, 2.45) is 5.92 Å². The van der Waals surface area contributed by atoms with Gasteiger partial charge in [-0.2, -0.15) is 0 Å². The van der Waals surface area contributed by atoms with E-state index < -0.39 is 0 Å². The summed E-state index contributed by atoms with van der Waals surface area (Å²) in [6.45, 7) is 2.28. The lowest BCUT2D eigenvalue weighted by Crippen LogP contribution is -2.41. The molecule has 2 rings (SSSR count). The Balaban J connectivity index is 1.68. The molecule has 0 radical (unpaired) electrons. The summed E-state index contributed by atoms with van der Waals surface area (Å²) in [6.07, 6.45) is 2.34. The predicted molar refractivity (Wildman–Crippen MR) is 55.2 cm³/mol. The highest BCUT2D eigenvalue weighted by Gasteiger charge is 2.25. The van der Waals surface area contributed by atoms with E-state index in [1.165, 1.54) is 0 Å². The monoisotopic (exact) mass is 211 g/mol. The summed E-state index contributed by atoms with van der Waals surface area (Å²) in [4.78, 5) is 22.5. The van der Waals surface area contributed by atoms with E-state index in [1.54, 1.807) is 0 Å². The van der Waals surface area contributed by atoms with Gasteiger partial charge in [-0.1, -0.05) is 0 Å². The second-order valence-electron chi connectivity index (χ2n) is 4.24. The van der Waals surface area contributed by atoms with Crippen LogP contribution in [0.4, 0.5) is 0 Å². The van der Waals surface area contributed by atoms with E-state index in [-0.39, 0.29) is 23.8 Å². The van der Waals surface area contributed by atoms with E-state index in [9.17, 15) is 9.59 Å². The number of nitrogens with one attached hydrogen (secondary N) is 3. The van der Waals surface area contributed by atoms with Crippen molar-refractivity contribution in [1.82, 2.24) is 16.0 Å². The minimum atomic E-state index is 0.0942. The molecule has 2 unspecified atom stereocenters. The third kappa shape index (κ3) is 2.68. The first-order valence-corrected chi connectivity index (χ1v) is 5.53. The van der Waals surface area contributed by atoms with E-state index in [0.717, 1.165) is 25.9 Å². The van der Waals surface area contributed by atoms with Crippen LogP contribution in [0.2, 0.25) is 0 Å². The first-order chi connectivity index (χ1) is 7.25. The molecule has 0 aromatic heterocycles. The number of hydrogen-bond acceptors (Lipinski definition) is 3. The molecule has 2 aliphatic rings. The van der Waals surface area contributed by atoms with Crippen molar-refractivity contribution in [2.45, 2.75) is 25.3 Å². The van der Waals surface area contributed by atoms with Crippen LogP contribution in [-0.2, 0) is 9.59 Å². The van der Waals surface area contributed by atoms with Crippen molar-refractivity contribution in [3.05, 3.63) is 0 Å². The van der Waals surface area contributed by atoms with Gasteiger partial charge < -0.3 is 16.0 Å². The maximum Gasteiger partial charge on any atom is 0.224 e. The normalized spacial score (nSPS) is 30.3. The minimum absolute atomic E-state index is 0.0942. The van der Waals surface area contributed by atoms with Gasteiger partial charge in [-0.15, -0.1) is 0 Å². The summed E-state index contributed by atoms with van der Waals surface area (Å²) in [6, 6.07) is 0.135. The third-order valence-electron chi connectivity index (χ3n) is 3.04. The van der Waals surface area contributed by atoms with Crippen molar-refractivity contribution in [3.63, 3.8) is 0 Å². The quantitative estimate of drug-likeness (QED) is 0.560. The van der Waals surface area contributed by atoms with E-state index in [0.29, 0.717) is 13.0 Å². The zero-order valence-electron chi connectivity index (χ0n) is 8.71. The molecule has 2 heterocycles. The maximum atomic E-state index is 11.6. The fraction of sp³-hybridized carbons (Fsp3) is 0.800. The predicted octanol–water partition coefficient (Wildman–Crippen LogP) is -1.01. The van der Waals surface area contributed by atoms with Gasteiger partial charge in [0.1, 0.15) is 0 Å². The average molecular weight is 211 g/mol. The minimum Gasteiger partial charge on any atom is -0.354 e. The Labute approximate surface area is 89.0 Å². The highest BCUT2D eigenvalue weighted by atomic mass is 16.2. The largest absolute Gasteiger partial charge is 0.354 e. The first kappa shape index (κ1) is 10.4. The summed E-state index contributed by atoms with van der Waals surface area (Å²) < 4.78 is 0. The molecule has 5 heteroatoms. The van der Waals surface area contributed by atoms with Crippen LogP contribution in [0.15, 0.2) is 0 Å². The third-order valence-corrected chi connectivity index (χ3v) is 3.04. The average Bonchev–Trinajstić information content (AvgIpc) is 2.84. The van der Waals surface area contributed by atoms with Crippen LogP contribution < -0.4 is 16.0 Å². The summed E-state index contributed by atoms with van der Waals surface area (Å²) in [5, 5.41) is 8.88. The van der Waals surface area contributed by atoms with Gasteiger partial charge >= 0.3 is 0 Å². The SMILES string of the molecule is O=C1CCC(CNC(=O)C2CCNC2)N1. The highest BCUT2D eigenvalue weighted by Crippen LogP contribution is 2.08. The second-order valence-corrected chi connectivity index (χ2v) is 4.24. The molecule has 0 aromatic rings. The van der Waals surface area contributed by atoms with E-state index in [1.807, 2.05) is 0 Å². The molecule has 0 bridgehead atoms. The smallest absolute Gasteiger partial charge is 0.224 e. The lowest BCUT2D eigenvalue weighted by Gasteiger charge is -2.13. The lowest BCUT2D eigenvalue weighted by molar-refractivity contribution is -0.124. The molecular weight excluding hydrogens is 194 g/mol. The van der Waals surface area contributed by atoms with Crippen molar-refractivity contribution >= 4 is 11.8 Å². The number of carbonyl (C=O) groups excluding carboxylic acids is 2. The summed E-state index contributed by atoms with van der Waals surface area (Å²) in [5.41, 5.74) is 0. The van der Waals surface area contributed by atoms with Gasteiger partial charge in [-0.3, -0.25) is 9.59 Å². The van der Waals surface area contributed by atoms with Gasteiger partial charge in [0.15, 0.2) is 0 Å². The molecule has 2 amide bonds. The molecule has 0 spiro atoms. The van der Waals surface area contributed by atoms with Gasteiger partial charge in [0.25, 0.3) is 0 Å². The van der Waals surface area contributed by atoms with Crippen LogP contribution in [0.3, 0.4) is 0 Å². The summed E-state index contributed by atoms with van der Waals surface area (Å²) in [5.74, 6) is 0.319. The Morgan fingerprint density at radius 3 is 2.93 bits per heavy atom. The first-order valence-electron chi connectivity index (χ1n) is 5.53. The Hall–Kier alpha value is -1.10. The van der Waals surface area contributed by atoms with Crippen LogP contribution in [0.5, 0.6) is 0 Å². The van der Waals surface area contributed by atoms with Crippen molar-refractivity contribution < 1.29 is 9.59 Å². The van der Waals surface area contributed by atoms with Crippen LogP contribution in [0, 0.1) is 5.92 Å². The standard InChI is InChI=1S/C10H17N3O2/c14-9-2-1-8(13-9)6-12-10(15)7-3-4-11-5-7/h7-8,11H,1-6H2,(H,12,15)(H,13,14). The van der Waals surface area contributed by atoms with Crippen molar-refractivity contribution in [1.29, 1.82) is 0 Å². The molecule has 2 aliphatic heterocycles. The van der Waals surface area contributed by atoms with Gasteiger partial charge in [0.05, 0.1) is 5.92 Å². The zero-order chi connectivity index (χ0) is 10.7. The molecular formula is C10H17N3O2. The molecule has 2 atom stereocenters. The van der Waals surface area contributed by atoms with Gasteiger partial charge in [-0.05, 0) is 19.4 Å². The molecule has 0 aromatic carbocycles. The number of amides is 2. The highest BCUT2D eigenvalue weighted by molar-refractivity contribution is 5.80. The Kier molecular flexibility index (Phi) is 3.20. The fourth-order valence-corrected chi connectivity index (χ4v) is 2.08. The Morgan fingerprint density at radius 1 is 1.47 bits per heavy atom. The molecule has 2 fully saturated rings. The maximum absolute atomic E-state index is 11.6. The van der Waals surface area contributed by atoms with Crippen LogP contribution in [0.25, 0.3) is 0 Å². The fourth-order valence-electron chi connectivity index (χ4n) is 2.08. The molecule has 5 nitrogen and oxygen atoms in total. The summed E-state index contributed by atoms with van der Waals surface area (Å²) >= 11 is 0. The zero-order valence-corrected chi connectivity index (χ0v) is 8.71. The number of rotatable bonds is 3. The van der Waals surface area contributed by atoms with Gasteiger partial charge in [0.2, 0.25) is 11.8 Å². The van der Waals surface area contributed by atoms with Gasteiger partial charge in [-0.25, -0.2) is 0 Å². The molecule has 84 valence electrons. The number of carbonyl (C=O) groups is 2. The van der Waals surface area contributed by atoms with Crippen LogP contribution in [-0.4, -0.2) is 37.5 Å². The van der Waals surface area contributed by atoms with E-state index in [2.05, 4.69) is 16.0 Å². The van der Waals surface area contributed by atoms with Gasteiger partial charge in [0, 0.05) is 25.6 Å². The Bertz CT molecular complexity index is 261. The van der Waals surface area contributed by atoms with E-state index in [4.69, 9.17) is 0 Å². The molecule has 15 heavy (non-hydrogen) atoms. The molecule has 0 saturated carbocycles. The second kappa shape index (κ2) is 4.61. The van der Waals surface area contributed by atoms with Crippen LogP contribution >= 0.6 is 0 Å². The Morgan fingerprint density at radius 2 is 2.33 bits per heavy atom. The van der Waals surface area contributed by atoms with E-state index >= 15 is 0 Å². The topological polar surface area (TPSA) is 70.2 Å². The summed E-state index contributed by atoms with van der Waals surface area (Å²) in [7, 11) is 0. The van der Waals surface area contributed by atoms with Crippen LogP contribution in [0.1, 0.15) is 19.3 Å². The molecule has 3 N–H and O–H groups in total. The van der Waals surface area contributed by atoms with Crippen molar-refractivity contribution in [2.75, 3.05) is 19.6 Å².